The second-order valence-electron chi connectivity index (χ2n) is 4.86. The monoisotopic (exact) mass is 370 g/mol. The average Bonchev–Trinajstić information content (AvgIpc) is 3.22. The molecule has 0 radical (unpaired) electrons. The highest BCUT2D eigenvalue weighted by Gasteiger charge is 2.43. The van der Waals surface area contributed by atoms with Gasteiger partial charge in [0.25, 0.3) is 5.91 Å². The molecule has 100 valence electrons. The highest BCUT2D eigenvalue weighted by atomic mass is 127. The minimum atomic E-state index is -0.760. The van der Waals surface area contributed by atoms with Crippen molar-refractivity contribution in [1.82, 2.24) is 5.32 Å². The molecule has 1 N–H and O–H groups in total. The number of nitrogens with zero attached hydrogens (tertiary/aromatic N) is 1. The lowest BCUT2D eigenvalue weighted by atomic mass is 9.98. The van der Waals surface area contributed by atoms with Gasteiger partial charge in [-0.15, -0.1) is 0 Å². The number of hydrogen-bond donors (Lipinski definition) is 1. The summed E-state index contributed by atoms with van der Waals surface area (Å²) in [6.45, 7) is 1.71. The van der Waals surface area contributed by atoms with Crippen LogP contribution in [-0.2, 0) is 4.79 Å². The van der Waals surface area contributed by atoms with E-state index in [4.69, 9.17) is 10.00 Å². The summed E-state index contributed by atoms with van der Waals surface area (Å²) < 4.78 is 6.42. The zero-order valence-electron chi connectivity index (χ0n) is 10.6. The van der Waals surface area contributed by atoms with E-state index < -0.39 is 5.54 Å². The van der Waals surface area contributed by atoms with Crippen molar-refractivity contribution < 1.29 is 9.53 Å². The Hall–Kier alpha value is -1.29. The number of carbonyl (C=O) groups excluding carboxylic acids is 1. The van der Waals surface area contributed by atoms with Gasteiger partial charge in [0.15, 0.2) is 6.61 Å². The number of carbonyl (C=O) groups is 1. The Bertz CT molecular complexity index is 522. The lowest BCUT2D eigenvalue weighted by molar-refractivity contribution is -0.124. The molecule has 0 heterocycles. The Morgan fingerprint density at radius 2 is 2.26 bits per heavy atom. The van der Waals surface area contributed by atoms with E-state index in [0.717, 1.165) is 16.4 Å². The van der Waals surface area contributed by atoms with Gasteiger partial charge < -0.3 is 10.1 Å². The number of nitriles is 1. The predicted molar refractivity (Wildman–Crippen MR) is 79.5 cm³/mol. The third kappa shape index (κ3) is 3.60. The van der Waals surface area contributed by atoms with Gasteiger partial charge >= 0.3 is 0 Å². The molecule has 4 nitrogen and oxygen atoms in total. The minimum Gasteiger partial charge on any atom is -0.483 e. The molecule has 19 heavy (non-hydrogen) atoms. The topological polar surface area (TPSA) is 62.1 Å². The van der Waals surface area contributed by atoms with E-state index in [-0.39, 0.29) is 18.4 Å². The molecule has 0 bridgehead atoms. The number of halogens is 1. The number of rotatable bonds is 5. The van der Waals surface area contributed by atoms with Crippen LogP contribution in [0.5, 0.6) is 5.75 Å². The van der Waals surface area contributed by atoms with Gasteiger partial charge in [-0.25, -0.2) is 0 Å². The number of ether oxygens (including phenoxy) is 1. The maximum atomic E-state index is 11.8. The molecule has 1 aromatic carbocycles. The van der Waals surface area contributed by atoms with Crippen LogP contribution in [0.1, 0.15) is 19.8 Å². The summed E-state index contributed by atoms with van der Waals surface area (Å²) in [4.78, 5) is 11.8. The Labute approximate surface area is 126 Å². The Morgan fingerprint density at radius 1 is 1.58 bits per heavy atom. The summed E-state index contributed by atoms with van der Waals surface area (Å²) in [5.41, 5.74) is -0.760. The molecule has 1 saturated carbocycles. The first-order chi connectivity index (χ1) is 9.05. The van der Waals surface area contributed by atoms with Gasteiger partial charge in [-0.05, 0) is 60.4 Å². The van der Waals surface area contributed by atoms with E-state index in [2.05, 4.69) is 34.0 Å². The van der Waals surface area contributed by atoms with Crippen molar-refractivity contribution in [3.05, 3.63) is 27.8 Å². The van der Waals surface area contributed by atoms with E-state index in [1.54, 1.807) is 6.92 Å². The second kappa shape index (κ2) is 5.78. The molecule has 1 fully saturated rings. The van der Waals surface area contributed by atoms with E-state index in [9.17, 15) is 4.79 Å². The van der Waals surface area contributed by atoms with Crippen LogP contribution in [0.15, 0.2) is 24.3 Å². The van der Waals surface area contributed by atoms with Gasteiger partial charge in [-0.3, -0.25) is 4.79 Å². The van der Waals surface area contributed by atoms with Gasteiger partial charge in [0.2, 0.25) is 0 Å². The first-order valence-electron chi connectivity index (χ1n) is 6.15. The van der Waals surface area contributed by atoms with E-state index in [1.165, 1.54) is 0 Å². The third-order valence-corrected chi connectivity index (χ3v) is 4.11. The quantitative estimate of drug-likeness (QED) is 0.811. The van der Waals surface area contributed by atoms with Crippen LogP contribution < -0.4 is 10.1 Å². The highest BCUT2D eigenvalue weighted by Crippen LogP contribution is 2.39. The van der Waals surface area contributed by atoms with E-state index in [0.29, 0.717) is 5.75 Å². The molecule has 0 saturated heterocycles. The summed E-state index contributed by atoms with van der Waals surface area (Å²) in [6.07, 6.45) is 2.00. The van der Waals surface area contributed by atoms with Crippen LogP contribution in [-0.4, -0.2) is 18.1 Å². The molecule has 0 spiro atoms. The van der Waals surface area contributed by atoms with Gasteiger partial charge in [0.1, 0.15) is 11.3 Å². The largest absolute Gasteiger partial charge is 0.483 e. The maximum absolute atomic E-state index is 11.8. The van der Waals surface area contributed by atoms with Crippen LogP contribution in [0.3, 0.4) is 0 Å². The summed E-state index contributed by atoms with van der Waals surface area (Å²) in [6, 6.07) is 9.70. The molecule has 1 aromatic rings. The molecule has 1 unspecified atom stereocenters. The molecule has 5 heteroatoms. The second-order valence-corrected chi connectivity index (χ2v) is 6.02. The summed E-state index contributed by atoms with van der Waals surface area (Å²) in [5.74, 6) is 0.706. The van der Waals surface area contributed by atoms with Gasteiger partial charge in [-0.1, -0.05) is 12.1 Å². The third-order valence-electron chi connectivity index (χ3n) is 3.22. The van der Waals surface area contributed by atoms with Crippen molar-refractivity contribution in [1.29, 1.82) is 5.26 Å². The van der Waals surface area contributed by atoms with Crippen molar-refractivity contribution in [2.24, 2.45) is 5.92 Å². The van der Waals surface area contributed by atoms with Gasteiger partial charge in [-0.2, -0.15) is 5.26 Å². The number of amides is 1. The van der Waals surface area contributed by atoms with E-state index in [1.807, 2.05) is 24.3 Å². The molecular formula is C14H15IN2O2. The molecule has 1 aliphatic rings. The van der Waals surface area contributed by atoms with E-state index >= 15 is 0 Å². The van der Waals surface area contributed by atoms with Gasteiger partial charge in [0, 0.05) is 0 Å². The van der Waals surface area contributed by atoms with Crippen LogP contribution >= 0.6 is 22.6 Å². The van der Waals surface area contributed by atoms with Crippen molar-refractivity contribution in [3.63, 3.8) is 0 Å². The zero-order valence-corrected chi connectivity index (χ0v) is 12.8. The molecule has 1 amide bonds. The molecule has 2 rings (SSSR count). The Morgan fingerprint density at radius 3 is 2.84 bits per heavy atom. The maximum Gasteiger partial charge on any atom is 0.259 e. The molecule has 1 aliphatic carbocycles. The minimum absolute atomic E-state index is 0.0655. The van der Waals surface area contributed by atoms with Crippen molar-refractivity contribution in [2.45, 2.75) is 25.3 Å². The summed E-state index contributed by atoms with van der Waals surface area (Å²) >= 11 is 2.15. The number of hydrogen-bond acceptors (Lipinski definition) is 3. The van der Waals surface area contributed by atoms with Crippen LogP contribution in [0, 0.1) is 20.8 Å². The fourth-order valence-electron chi connectivity index (χ4n) is 1.91. The smallest absolute Gasteiger partial charge is 0.259 e. The summed E-state index contributed by atoms with van der Waals surface area (Å²) in [7, 11) is 0. The first-order valence-corrected chi connectivity index (χ1v) is 7.22. The normalized spacial score (nSPS) is 17.1. The van der Waals surface area contributed by atoms with Crippen LogP contribution in [0.25, 0.3) is 0 Å². The van der Waals surface area contributed by atoms with Crippen LogP contribution in [0.2, 0.25) is 0 Å². The number of benzene rings is 1. The van der Waals surface area contributed by atoms with Crippen LogP contribution in [0.4, 0.5) is 0 Å². The first kappa shape index (κ1) is 14.1. The summed E-state index contributed by atoms with van der Waals surface area (Å²) in [5, 5.41) is 11.9. The molecule has 1 atom stereocenters. The standard InChI is InChI=1S/C14H15IN2O2/c1-14(9-16,10-6-7-10)17-13(18)8-19-12-5-3-2-4-11(12)15/h2-5,10H,6-8H2,1H3,(H,17,18). The molecule has 0 aliphatic heterocycles. The lowest BCUT2D eigenvalue weighted by Crippen LogP contribution is -2.48. The lowest BCUT2D eigenvalue weighted by Gasteiger charge is -2.22. The fraction of sp³-hybridized carbons (Fsp3) is 0.429. The van der Waals surface area contributed by atoms with Crippen molar-refractivity contribution in [2.75, 3.05) is 6.61 Å². The SMILES string of the molecule is CC(C#N)(NC(=O)COc1ccccc1I)C1CC1. The van der Waals surface area contributed by atoms with Crippen molar-refractivity contribution >= 4 is 28.5 Å². The number of nitrogens with one attached hydrogen (secondary N) is 1. The molecular weight excluding hydrogens is 355 g/mol. The molecule has 0 aromatic heterocycles. The Balaban J connectivity index is 1.88. The zero-order chi connectivity index (χ0) is 13.9. The average molecular weight is 370 g/mol. The number of para-hydroxylation sites is 1. The fourth-order valence-corrected chi connectivity index (χ4v) is 2.46. The highest BCUT2D eigenvalue weighted by molar-refractivity contribution is 14.1. The predicted octanol–water partition coefficient (Wildman–Crippen LogP) is 2.48. The van der Waals surface area contributed by atoms with Crippen molar-refractivity contribution in [3.8, 4) is 11.8 Å². The van der Waals surface area contributed by atoms with Gasteiger partial charge in [0.05, 0.1) is 9.64 Å². The Kier molecular flexibility index (Phi) is 4.30.